The highest BCUT2D eigenvalue weighted by atomic mass is 16.7. The second-order valence-corrected chi connectivity index (χ2v) is 7.25. The number of fused-ring (bicyclic) bond motifs is 2. The van der Waals surface area contributed by atoms with Crippen LogP contribution in [0.3, 0.4) is 0 Å². The molecule has 1 fully saturated rings. The van der Waals surface area contributed by atoms with Crippen LogP contribution in [-0.2, 0) is 0 Å². The summed E-state index contributed by atoms with van der Waals surface area (Å²) < 4.78 is 10.8. The first-order valence-corrected chi connectivity index (χ1v) is 9.62. The minimum Gasteiger partial charge on any atom is -0.454 e. The van der Waals surface area contributed by atoms with Crippen LogP contribution < -0.4 is 20.3 Å². The second-order valence-electron chi connectivity index (χ2n) is 7.25. The van der Waals surface area contributed by atoms with Crippen LogP contribution in [0.25, 0.3) is 10.8 Å². The zero-order valence-corrected chi connectivity index (χ0v) is 15.7. The number of anilines is 1. The maximum Gasteiger partial charge on any atom is 0.275 e. The van der Waals surface area contributed by atoms with E-state index in [9.17, 15) is 9.59 Å². The third kappa shape index (κ3) is 3.26. The van der Waals surface area contributed by atoms with E-state index in [1.54, 1.807) is 29.2 Å². The number of nitrogens with zero attached hydrogens (tertiary/aromatic N) is 2. The zero-order valence-electron chi connectivity index (χ0n) is 15.7. The fraction of sp³-hybridized carbons (Fsp3) is 0.286. The van der Waals surface area contributed by atoms with Crippen LogP contribution in [0, 0.1) is 0 Å². The Hall–Kier alpha value is -3.55. The number of likely N-dealkylation sites (tertiary alicyclic amines) is 1. The first-order valence-electron chi connectivity index (χ1n) is 9.62. The van der Waals surface area contributed by atoms with Crippen molar-refractivity contribution in [1.82, 2.24) is 15.1 Å². The summed E-state index contributed by atoms with van der Waals surface area (Å²) in [6.07, 6.45) is 1.84. The molecule has 3 heterocycles. The van der Waals surface area contributed by atoms with Gasteiger partial charge >= 0.3 is 0 Å². The number of rotatable bonds is 3. The summed E-state index contributed by atoms with van der Waals surface area (Å²) in [7, 11) is 0. The molecule has 1 atom stereocenters. The highest BCUT2D eigenvalue weighted by Crippen LogP contribution is 2.34. The van der Waals surface area contributed by atoms with Crippen LogP contribution >= 0.6 is 0 Å². The number of H-pyrrole nitrogens is 1. The third-order valence-electron chi connectivity index (χ3n) is 5.35. The molecule has 2 aliphatic rings. The van der Waals surface area contributed by atoms with Gasteiger partial charge in [0.2, 0.25) is 6.79 Å². The van der Waals surface area contributed by atoms with Crippen LogP contribution in [0.15, 0.2) is 47.3 Å². The lowest BCUT2D eigenvalue weighted by atomic mass is 10.0. The van der Waals surface area contributed by atoms with Crippen LogP contribution in [0.5, 0.6) is 11.5 Å². The van der Waals surface area contributed by atoms with Gasteiger partial charge in [-0.05, 0) is 31.0 Å². The van der Waals surface area contributed by atoms with E-state index in [0.717, 1.165) is 30.0 Å². The number of hydrogen-bond donors (Lipinski definition) is 2. The van der Waals surface area contributed by atoms with E-state index in [2.05, 4.69) is 15.5 Å². The molecule has 3 aromatic rings. The van der Waals surface area contributed by atoms with Gasteiger partial charge in [0.15, 0.2) is 17.2 Å². The van der Waals surface area contributed by atoms with Gasteiger partial charge in [-0.15, -0.1) is 0 Å². The molecule has 1 aromatic heterocycles. The lowest BCUT2D eigenvalue weighted by molar-refractivity contribution is 0.0710. The lowest BCUT2D eigenvalue weighted by Gasteiger charge is -2.33. The summed E-state index contributed by atoms with van der Waals surface area (Å²) in [5, 5.41) is 11.0. The van der Waals surface area contributed by atoms with Crippen molar-refractivity contribution in [3.8, 4) is 11.5 Å². The van der Waals surface area contributed by atoms with Crippen LogP contribution in [0.2, 0.25) is 0 Å². The van der Waals surface area contributed by atoms with Gasteiger partial charge in [-0.1, -0.05) is 18.2 Å². The van der Waals surface area contributed by atoms with Crippen molar-refractivity contribution in [2.24, 2.45) is 0 Å². The topological polar surface area (TPSA) is 96.6 Å². The Morgan fingerprint density at radius 2 is 1.97 bits per heavy atom. The van der Waals surface area contributed by atoms with E-state index in [0.29, 0.717) is 23.9 Å². The monoisotopic (exact) mass is 392 g/mol. The molecular formula is C21H20N4O4. The maximum absolute atomic E-state index is 13.2. The number of carbonyl (C=O) groups excluding carboxylic acids is 1. The minimum atomic E-state index is -0.293. The first-order chi connectivity index (χ1) is 14.2. The molecule has 2 aromatic carbocycles. The van der Waals surface area contributed by atoms with Crippen molar-refractivity contribution in [3.05, 3.63) is 58.5 Å². The zero-order chi connectivity index (χ0) is 19.8. The second kappa shape index (κ2) is 7.12. The standard InChI is InChI=1S/C21H20N4O4/c26-20-16-6-2-1-5-15(16)19(23-24-20)21(27)25-9-3-4-14(11-25)22-13-7-8-17-18(10-13)29-12-28-17/h1-2,5-8,10,14,22H,3-4,9,11-12H2,(H,24,26)/t14-/m1/s1. The van der Waals surface area contributed by atoms with Crippen LogP contribution in [0.4, 0.5) is 5.69 Å². The fourth-order valence-corrected chi connectivity index (χ4v) is 3.93. The average molecular weight is 392 g/mol. The molecule has 0 bridgehead atoms. The van der Waals surface area contributed by atoms with E-state index in [1.165, 1.54) is 0 Å². The quantitative estimate of drug-likeness (QED) is 0.710. The summed E-state index contributed by atoms with van der Waals surface area (Å²) >= 11 is 0. The molecule has 0 unspecified atom stereocenters. The summed E-state index contributed by atoms with van der Waals surface area (Å²) in [5.74, 6) is 1.30. The summed E-state index contributed by atoms with van der Waals surface area (Å²) in [6.45, 7) is 1.46. The molecular weight excluding hydrogens is 372 g/mol. The largest absolute Gasteiger partial charge is 0.454 e. The van der Waals surface area contributed by atoms with E-state index >= 15 is 0 Å². The van der Waals surface area contributed by atoms with Crippen molar-refractivity contribution in [1.29, 1.82) is 0 Å². The highest BCUT2D eigenvalue weighted by Gasteiger charge is 2.27. The van der Waals surface area contributed by atoms with E-state index in [4.69, 9.17) is 9.47 Å². The van der Waals surface area contributed by atoms with Crippen LogP contribution in [-0.4, -0.2) is 46.9 Å². The van der Waals surface area contributed by atoms with Crippen molar-refractivity contribution >= 4 is 22.4 Å². The van der Waals surface area contributed by atoms with Gasteiger partial charge in [0.1, 0.15) is 0 Å². The Bertz CT molecular complexity index is 1140. The van der Waals surface area contributed by atoms with Gasteiger partial charge < -0.3 is 19.7 Å². The molecule has 0 radical (unpaired) electrons. The smallest absolute Gasteiger partial charge is 0.275 e. The summed E-state index contributed by atoms with van der Waals surface area (Å²) in [4.78, 5) is 26.9. The molecule has 2 aliphatic heterocycles. The summed E-state index contributed by atoms with van der Waals surface area (Å²) in [6, 6.07) is 12.9. The number of nitrogens with one attached hydrogen (secondary N) is 2. The van der Waals surface area contributed by atoms with Crippen molar-refractivity contribution in [2.75, 3.05) is 25.2 Å². The number of aromatic nitrogens is 2. The van der Waals surface area contributed by atoms with E-state index in [1.807, 2.05) is 18.2 Å². The Labute approximate surface area is 166 Å². The predicted octanol–water partition coefficient (Wildman–Crippen LogP) is 2.37. The molecule has 148 valence electrons. The van der Waals surface area contributed by atoms with Gasteiger partial charge in [-0.2, -0.15) is 5.10 Å². The number of carbonyl (C=O) groups is 1. The van der Waals surface area contributed by atoms with Gasteiger partial charge in [-0.3, -0.25) is 9.59 Å². The number of amides is 1. The molecule has 29 heavy (non-hydrogen) atoms. The molecule has 8 heteroatoms. The van der Waals surface area contributed by atoms with Crippen molar-refractivity contribution in [2.45, 2.75) is 18.9 Å². The third-order valence-corrected chi connectivity index (χ3v) is 5.35. The van der Waals surface area contributed by atoms with Gasteiger partial charge in [0, 0.05) is 36.3 Å². The normalized spacial score (nSPS) is 18.1. The molecule has 1 saturated heterocycles. The Kier molecular flexibility index (Phi) is 4.31. The van der Waals surface area contributed by atoms with E-state index < -0.39 is 0 Å². The molecule has 5 rings (SSSR count). The molecule has 0 saturated carbocycles. The average Bonchev–Trinajstić information content (AvgIpc) is 3.22. The first kappa shape index (κ1) is 17.5. The van der Waals surface area contributed by atoms with Gasteiger partial charge in [0.05, 0.1) is 5.39 Å². The Morgan fingerprint density at radius 1 is 1.14 bits per heavy atom. The molecule has 0 aliphatic carbocycles. The maximum atomic E-state index is 13.2. The Balaban J connectivity index is 1.35. The molecule has 0 spiro atoms. The molecule has 1 amide bonds. The number of aromatic amines is 1. The van der Waals surface area contributed by atoms with Crippen LogP contribution in [0.1, 0.15) is 23.3 Å². The highest BCUT2D eigenvalue weighted by molar-refractivity contribution is 6.04. The van der Waals surface area contributed by atoms with Crippen molar-refractivity contribution in [3.63, 3.8) is 0 Å². The number of hydrogen-bond acceptors (Lipinski definition) is 6. The number of ether oxygens (including phenoxy) is 2. The predicted molar refractivity (Wildman–Crippen MR) is 107 cm³/mol. The number of benzene rings is 2. The SMILES string of the molecule is O=C(c1n[nH]c(=O)c2ccccc12)N1CCC[C@@H](Nc2ccc3c(c2)OCO3)C1. The van der Waals surface area contributed by atoms with Gasteiger partial charge in [-0.25, -0.2) is 5.10 Å². The fourth-order valence-electron chi connectivity index (χ4n) is 3.93. The summed E-state index contributed by atoms with van der Waals surface area (Å²) in [5.41, 5.74) is 0.920. The number of piperidine rings is 1. The Morgan fingerprint density at radius 3 is 2.86 bits per heavy atom. The lowest BCUT2D eigenvalue weighted by Crippen LogP contribution is -2.45. The van der Waals surface area contributed by atoms with Crippen molar-refractivity contribution < 1.29 is 14.3 Å². The van der Waals surface area contributed by atoms with E-state index in [-0.39, 0.29) is 30.0 Å². The molecule has 2 N–H and O–H groups in total. The van der Waals surface area contributed by atoms with Gasteiger partial charge in [0.25, 0.3) is 11.5 Å². The molecule has 8 nitrogen and oxygen atoms in total. The minimum absolute atomic E-state index is 0.113.